The number of carbonyl (C=O) groups is 3. The molecule has 2 heterocycles. The average molecular weight is 445 g/mol. The first-order valence-corrected chi connectivity index (χ1v) is 11.4. The number of nitrogens with zero attached hydrogens (tertiary/aromatic N) is 2. The Bertz CT molecular complexity index is 903. The quantitative estimate of drug-likeness (QED) is 0.623. The van der Waals surface area contributed by atoms with Crippen molar-refractivity contribution in [3.8, 4) is 0 Å². The zero-order valence-electron chi connectivity index (χ0n) is 17.8. The minimum absolute atomic E-state index is 0.0351. The van der Waals surface area contributed by atoms with Crippen molar-refractivity contribution in [3.05, 3.63) is 41.4 Å². The molecule has 1 saturated heterocycles. The van der Waals surface area contributed by atoms with Gasteiger partial charge in [-0.15, -0.1) is 11.3 Å². The summed E-state index contributed by atoms with van der Waals surface area (Å²) in [6.07, 6.45) is 3.74. The number of hydrogen-bond donors (Lipinski definition) is 2. The van der Waals surface area contributed by atoms with Gasteiger partial charge in [0, 0.05) is 36.8 Å². The maximum atomic E-state index is 12.8. The van der Waals surface area contributed by atoms with Crippen LogP contribution in [-0.2, 0) is 9.53 Å². The largest absolute Gasteiger partial charge is 0.462 e. The Kier molecular flexibility index (Phi) is 8.00. The molecule has 9 heteroatoms. The number of esters is 1. The molecule has 2 aromatic rings. The van der Waals surface area contributed by atoms with E-state index >= 15 is 0 Å². The predicted molar refractivity (Wildman–Crippen MR) is 120 cm³/mol. The molecule has 0 bridgehead atoms. The predicted octanol–water partition coefficient (Wildman–Crippen LogP) is 4.23. The van der Waals surface area contributed by atoms with Crippen molar-refractivity contribution in [2.24, 2.45) is 11.8 Å². The van der Waals surface area contributed by atoms with Crippen LogP contribution in [-0.4, -0.2) is 47.5 Å². The van der Waals surface area contributed by atoms with E-state index in [1.165, 1.54) is 11.3 Å². The number of piperidine rings is 1. The van der Waals surface area contributed by atoms with Crippen LogP contribution < -0.4 is 10.6 Å². The van der Waals surface area contributed by atoms with Crippen molar-refractivity contribution in [3.63, 3.8) is 0 Å². The van der Waals surface area contributed by atoms with Gasteiger partial charge in [-0.05, 0) is 43.4 Å². The summed E-state index contributed by atoms with van der Waals surface area (Å²) in [7, 11) is 0. The van der Waals surface area contributed by atoms with Gasteiger partial charge in [0.1, 0.15) is 0 Å². The number of rotatable bonds is 7. The minimum Gasteiger partial charge on any atom is -0.462 e. The highest BCUT2D eigenvalue weighted by atomic mass is 32.1. The molecule has 2 atom stereocenters. The highest BCUT2D eigenvalue weighted by Gasteiger charge is 2.32. The number of likely N-dealkylation sites (tertiary alicyclic amines) is 1. The fourth-order valence-corrected chi connectivity index (χ4v) is 4.38. The molecule has 1 aliphatic heterocycles. The molecule has 2 N–H and O–H groups in total. The maximum absolute atomic E-state index is 12.8. The van der Waals surface area contributed by atoms with Gasteiger partial charge in [-0.1, -0.05) is 19.4 Å². The number of benzene rings is 1. The second kappa shape index (κ2) is 10.9. The first-order valence-electron chi connectivity index (χ1n) is 10.5. The van der Waals surface area contributed by atoms with Crippen LogP contribution in [0.2, 0.25) is 0 Å². The molecule has 2 unspecified atom stereocenters. The Morgan fingerprint density at radius 3 is 2.77 bits per heavy atom. The highest BCUT2D eigenvalue weighted by Crippen LogP contribution is 2.30. The lowest BCUT2D eigenvalue weighted by molar-refractivity contribution is -0.117. The van der Waals surface area contributed by atoms with Crippen molar-refractivity contribution >= 4 is 40.1 Å². The first-order chi connectivity index (χ1) is 15.0. The Labute approximate surface area is 186 Å². The molecular formula is C22H28N4O4S. The van der Waals surface area contributed by atoms with E-state index in [1.54, 1.807) is 42.3 Å². The molecule has 8 nitrogen and oxygen atoms in total. The third-order valence-electron chi connectivity index (χ3n) is 5.45. The molecule has 3 rings (SSSR count). The topological polar surface area (TPSA) is 101 Å². The molecule has 1 aliphatic rings. The molecule has 3 amide bonds. The lowest BCUT2D eigenvalue weighted by Crippen LogP contribution is -2.46. The average Bonchev–Trinajstić information content (AvgIpc) is 3.27. The molecule has 0 radical (unpaired) electrons. The van der Waals surface area contributed by atoms with E-state index < -0.39 is 5.97 Å². The van der Waals surface area contributed by atoms with Gasteiger partial charge in [-0.2, -0.15) is 0 Å². The van der Waals surface area contributed by atoms with Gasteiger partial charge in [0.25, 0.3) is 0 Å². The molecule has 0 spiro atoms. The zero-order valence-corrected chi connectivity index (χ0v) is 18.6. The standard InChI is InChI=1S/C22H28N4O4S/c1-3-15-14-26(10-8-16(15)13-19(27)25-21-23-9-11-31-21)22(29)24-18-7-5-6-17(12-18)20(28)30-4-2/h5-7,9,11-12,15-16H,3-4,8,10,13-14H2,1-2H3,(H,24,29)(H,23,25,27). The van der Waals surface area contributed by atoms with Crippen LogP contribution in [0, 0.1) is 11.8 Å². The molecule has 1 fully saturated rings. The van der Waals surface area contributed by atoms with E-state index in [2.05, 4.69) is 22.5 Å². The van der Waals surface area contributed by atoms with Crippen LogP contribution in [0.3, 0.4) is 0 Å². The summed E-state index contributed by atoms with van der Waals surface area (Å²) in [5, 5.41) is 8.15. The smallest absolute Gasteiger partial charge is 0.338 e. The van der Waals surface area contributed by atoms with Crippen LogP contribution in [0.15, 0.2) is 35.8 Å². The number of hydrogen-bond acceptors (Lipinski definition) is 6. The van der Waals surface area contributed by atoms with Gasteiger partial charge < -0.3 is 20.3 Å². The zero-order chi connectivity index (χ0) is 22.2. The number of thiazole rings is 1. The van der Waals surface area contributed by atoms with E-state index in [0.29, 0.717) is 42.5 Å². The van der Waals surface area contributed by atoms with Crippen molar-refractivity contribution < 1.29 is 19.1 Å². The SMILES string of the molecule is CCOC(=O)c1cccc(NC(=O)N2CCC(CC(=O)Nc3nccs3)C(CC)C2)c1. The second-order valence-electron chi connectivity index (χ2n) is 7.48. The number of anilines is 2. The fraction of sp³-hybridized carbons (Fsp3) is 0.455. The Balaban J connectivity index is 1.55. The third kappa shape index (κ3) is 6.27. The van der Waals surface area contributed by atoms with Gasteiger partial charge in [-0.25, -0.2) is 14.6 Å². The molecule has 0 aliphatic carbocycles. The van der Waals surface area contributed by atoms with Gasteiger partial charge in [0.2, 0.25) is 5.91 Å². The monoisotopic (exact) mass is 444 g/mol. The van der Waals surface area contributed by atoms with E-state index in [-0.39, 0.29) is 23.8 Å². The highest BCUT2D eigenvalue weighted by molar-refractivity contribution is 7.13. The summed E-state index contributed by atoms with van der Waals surface area (Å²) in [6, 6.07) is 6.52. The van der Waals surface area contributed by atoms with Gasteiger partial charge in [0.05, 0.1) is 12.2 Å². The van der Waals surface area contributed by atoms with Crippen molar-refractivity contribution in [1.82, 2.24) is 9.88 Å². The van der Waals surface area contributed by atoms with E-state index in [9.17, 15) is 14.4 Å². The molecule has 166 valence electrons. The van der Waals surface area contributed by atoms with Crippen molar-refractivity contribution in [1.29, 1.82) is 0 Å². The summed E-state index contributed by atoms with van der Waals surface area (Å²) in [5.74, 6) is 0.0159. The van der Waals surface area contributed by atoms with Crippen LogP contribution in [0.5, 0.6) is 0 Å². The van der Waals surface area contributed by atoms with Gasteiger partial charge >= 0.3 is 12.0 Å². The number of carbonyl (C=O) groups excluding carboxylic acids is 3. The van der Waals surface area contributed by atoms with Crippen LogP contribution in [0.4, 0.5) is 15.6 Å². The van der Waals surface area contributed by atoms with E-state index in [1.807, 2.05) is 5.38 Å². The van der Waals surface area contributed by atoms with Crippen LogP contribution in [0.25, 0.3) is 0 Å². The molecule has 1 aromatic heterocycles. The third-order valence-corrected chi connectivity index (χ3v) is 6.14. The van der Waals surface area contributed by atoms with Gasteiger partial charge in [0.15, 0.2) is 5.13 Å². The molecule has 1 aromatic carbocycles. The summed E-state index contributed by atoms with van der Waals surface area (Å²) in [5.41, 5.74) is 0.949. The summed E-state index contributed by atoms with van der Waals surface area (Å²) >= 11 is 1.40. The number of nitrogens with one attached hydrogen (secondary N) is 2. The molecule has 0 saturated carbocycles. The maximum Gasteiger partial charge on any atom is 0.338 e. The fourth-order valence-electron chi connectivity index (χ4n) is 3.83. The van der Waals surface area contributed by atoms with E-state index in [0.717, 1.165) is 12.8 Å². The lowest BCUT2D eigenvalue weighted by Gasteiger charge is -2.38. The normalized spacial score (nSPS) is 18.3. The summed E-state index contributed by atoms with van der Waals surface area (Å²) in [4.78, 5) is 42.9. The van der Waals surface area contributed by atoms with E-state index in [4.69, 9.17) is 4.74 Å². The molecular weight excluding hydrogens is 416 g/mol. The Hall–Kier alpha value is -2.94. The van der Waals surface area contributed by atoms with Crippen molar-refractivity contribution in [2.45, 2.75) is 33.1 Å². The first kappa shape index (κ1) is 22.7. The van der Waals surface area contributed by atoms with Gasteiger partial charge in [-0.3, -0.25) is 4.79 Å². The summed E-state index contributed by atoms with van der Waals surface area (Å²) < 4.78 is 5.01. The Morgan fingerprint density at radius 2 is 2.06 bits per heavy atom. The second-order valence-corrected chi connectivity index (χ2v) is 8.38. The number of urea groups is 1. The lowest BCUT2D eigenvalue weighted by atomic mass is 9.81. The number of amides is 3. The van der Waals surface area contributed by atoms with Crippen LogP contribution >= 0.6 is 11.3 Å². The number of aromatic nitrogens is 1. The Morgan fingerprint density at radius 1 is 1.23 bits per heavy atom. The van der Waals surface area contributed by atoms with Crippen LogP contribution in [0.1, 0.15) is 43.5 Å². The minimum atomic E-state index is -0.415. The summed E-state index contributed by atoms with van der Waals surface area (Å²) in [6.45, 7) is 5.30. The molecule has 31 heavy (non-hydrogen) atoms. The number of ether oxygens (including phenoxy) is 1. The van der Waals surface area contributed by atoms with Crippen molar-refractivity contribution in [2.75, 3.05) is 30.3 Å².